The lowest BCUT2D eigenvalue weighted by Gasteiger charge is -2.23. The first-order valence-electron chi connectivity index (χ1n) is 6.67. The van der Waals surface area contributed by atoms with Gasteiger partial charge in [-0.15, -0.1) is 0 Å². The van der Waals surface area contributed by atoms with Crippen molar-refractivity contribution >= 4 is 24.0 Å². The van der Waals surface area contributed by atoms with Crippen molar-refractivity contribution in [1.82, 2.24) is 0 Å². The lowest BCUT2D eigenvalue weighted by Crippen LogP contribution is -2.27. The highest BCUT2D eigenvalue weighted by atomic mass is 32.2. The Morgan fingerprint density at radius 1 is 1.26 bits per heavy atom. The average Bonchev–Trinajstić information content (AvgIpc) is 2.94. The molecule has 5 atom stereocenters. The quantitative estimate of drug-likeness (QED) is 0.614. The van der Waals surface area contributed by atoms with Gasteiger partial charge in [-0.3, -0.25) is 4.21 Å². The van der Waals surface area contributed by atoms with Crippen molar-refractivity contribution < 1.29 is 4.21 Å². The number of allylic oxidation sites excluding steroid dienone is 2. The lowest BCUT2D eigenvalue weighted by atomic mass is 9.94. The lowest BCUT2D eigenvalue weighted by molar-refractivity contribution is 0.663. The molecule has 2 bridgehead atoms. The fourth-order valence-corrected chi connectivity index (χ4v) is 9.24. The second-order valence-electron chi connectivity index (χ2n) is 5.34. The molecule has 0 saturated carbocycles. The van der Waals surface area contributed by atoms with Crippen molar-refractivity contribution in [3.8, 4) is 0 Å². The molecule has 1 nitrogen and oxygen atoms in total. The summed E-state index contributed by atoms with van der Waals surface area (Å²) in [4.78, 5) is 0. The molecule has 1 saturated heterocycles. The summed E-state index contributed by atoms with van der Waals surface area (Å²) >= 11 is 0. The van der Waals surface area contributed by atoms with E-state index < -0.39 is 10.8 Å². The van der Waals surface area contributed by atoms with Crippen LogP contribution in [0, 0.1) is 0 Å². The summed E-state index contributed by atoms with van der Waals surface area (Å²) < 4.78 is 12.2. The topological polar surface area (TPSA) is 17.1 Å². The Labute approximate surface area is 119 Å². The van der Waals surface area contributed by atoms with E-state index in [-0.39, 0.29) is 13.2 Å². The second kappa shape index (κ2) is 5.00. The Morgan fingerprint density at radius 3 is 2.58 bits per heavy atom. The van der Waals surface area contributed by atoms with Crippen LogP contribution in [0.15, 0.2) is 53.5 Å². The van der Waals surface area contributed by atoms with Crippen LogP contribution in [-0.4, -0.2) is 20.8 Å². The minimum Gasteiger partial charge on any atom is -0.255 e. The number of rotatable bonds is 3. The first kappa shape index (κ1) is 13.3. The first-order valence-corrected chi connectivity index (χ1v) is 9.43. The summed E-state index contributed by atoms with van der Waals surface area (Å²) in [6.45, 7) is 8.23. The van der Waals surface area contributed by atoms with Gasteiger partial charge in [-0.1, -0.05) is 56.0 Å². The zero-order valence-electron chi connectivity index (χ0n) is 11.4. The number of hydrogen-bond donors (Lipinski definition) is 0. The molecule has 100 valence electrons. The van der Waals surface area contributed by atoms with Crippen LogP contribution in [0.5, 0.6) is 0 Å². The molecule has 1 fully saturated rings. The molecule has 0 unspecified atom stereocenters. The summed E-state index contributed by atoms with van der Waals surface area (Å²) in [7, 11) is -1.11. The standard InChI is InChI=1S/C16H19OPS/c1-4-19(17)15-10-14-11(2)12(3)16(15)18(14)13-8-6-5-7-9-13/h4-9,14-16H,1,10H2,2-3H3/t14-,15+,16-,18+,19+/m0/s1. The van der Waals surface area contributed by atoms with E-state index in [1.54, 1.807) is 11.0 Å². The predicted octanol–water partition coefficient (Wildman–Crippen LogP) is 3.55. The summed E-state index contributed by atoms with van der Waals surface area (Å²) in [6, 6.07) is 10.8. The van der Waals surface area contributed by atoms with Crippen molar-refractivity contribution in [2.24, 2.45) is 0 Å². The maximum absolute atomic E-state index is 12.2. The fourth-order valence-electron chi connectivity index (χ4n) is 3.49. The van der Waals surface area contributed by atoms with Gasteiger partial charge in [-0.2, -0.15) is 0 Å². The third-order valence-corrected chi connectivity index (χ3v) is 9.63. The Hall–Kier alpha value is -0.720. The van der Waals surface area contributed by atoms with Crippen LogP contribution in [0.25, 0.3) is 0 Å². The van der Waals surface area contributed by atoms with E-state index in [0.717, 1.165) is 6.42 Å². The Balaban J connectivity index is 2.02. The molecule has 0 amide bonds. The van der Waals surface area contributed by atoms with Crippen molar-refractivity contribution in [3.63, 3.8) is 0 Å². The van der Waals surface area contributed by atoms with Gasteiger partial charge in [0, 0.05) is 22.1 Å². The smallest absolute Gasteiger partial charge is 0.0505 e. The van der Waals surface area contributed by atoms with E-state index in [0.29, 0.717) is 11.3 Å². The molecule has 3 rings (SSSR count). The van der Waals surface area contributed by atoms with Crippen LogP contribution in [0.2, 0.25) is 0 Å². The van der Waals surface area contributed by atoms with Crippen LogP contribution in [0.3, 0.4) is 0 Å². The van der Waals surface area contributed by atoms with Crippen LogP contribution >= 0.6 is 7.92 Å². The van der Waals surface area contributed by atoms with Crippen LogP contribution in [0.1, 0.15) is 20.3 Å². The third-order valence-electron chi connectivity index (χ3n) is 4.53. The highest BCUT2D eigenvalue weighted by molar-refractivity contribution is 7.89. The highest BCUT2D eigenvalue weighted by Gasteiger charge is 2.52. The molecule has 2 aliphatic heterocycles. The molecule has 0 N–H and O–H groups in total. The van der Waals surface area contributed by atoms with Gasteiger partial charge in [0.1, 0.15) is 0 Å². The van der Waals surface area contributed by atoms with Crippen molar-refractivity contribution in [2.45, 2.75) is 36.8 Å². The Morgan fingerprint density at radius 2 is 1.95 bits per heavy atom. The minimum atomic E-state index is -0.886. The van der Waals surface area contributed by atoms with Gasteiger partial charge in [0.25, 0.3) is 0 Å². The monoisotopic (exact) mass is 290 g/mol. The molecular formula is C16H19OPS. The van der Waals surface area contributed by atoms with E-state index in [9.17, 15) is 4.21 Å². The van der Waals surface area contributed by atoms with Crippen LogP contribution in [-0.2, 0) is 10.8 Å². The van der Waals surface area contributed by atoms with Gasteiger partial charge < -0.3 is 0 Å². The highest BCUT2D eigenvalue weighted by Crippen LogP contribution is 2.65. The largest absolute Gasteiger partial charge is 0.255 e. The SMILES string of the molecule is C=C[S@@](=O)[C@@H]1C[C@H]2C(C)=C(C)[C@@H]1[P@]2c1ccccc1. The molecule has 1 aromatic rings. The van der Waals surface area contributed by atoms with Crippen LogP contribution < -0.4 is 5.30 Å². The minimum absolute atomic E-state index is 0.223. The van der Waals surface area contributed by atoms with Crippen molar-refractivity contribution in [3.05, 3.63) is 53.5 Å². The molecule has 3 heteroatoms. The van der Waals surface area contributed by atoms with E-state index in [4.69, 9.17) is 0 Å². The van der Waals surface area contributed by atoms with Gasteiger partial charge in [0.05, 0.1) is 5.25 Å². The Kier molecular flexibility index (Phi) is 3.49. The van der Waals surface area contributed by atoms with Crippen LogP contribution in [0.4, 0.5) is 0 Å². The molecular weight excluding hydrogens is 271 g/mol. The number of hydrogen-bond acceptors (Lipinski definition) is 1. The molecule has 2 heterocycles. The van der Waals surface area contributed by atoms with Crippen molar-refractivity contribution in [1.29, 1.82) is 0 Å². The summed E-state index contributed by atoms with van der Waals surface area (Å²) in [5.74, 6) is 0. The first-order chi connectivity index (χ1) is 9.15. The van der Waals surface area contributed by atoms with Gasteiger partial charge in [-0.05, 0) is 31.0 Å². The molecule has 0 spiro atoms. The predicted molar refractivity (Wildman–Crippen MR) is 85.7 cm³/mol. The van der Waals surface area contributed by atoms with Gasteiger partial charge in [0.2, 0.25) is 0 Å². The molecule has 0 radical (unpaired) electrons. The maximum atomic E-state index is 12.2. The van der Waals surface area contributed by atoms with E-state index in [1.807, 2.05) is 0 Å². The summed E-state index contributed by atoms with van der Waals surface area (Å²) in [6.07, 6.45) is 1.08. The van der Waals surface area contributed by atoms with Gasteiger partial charge >= 0.3 is 0 Å². The van der Waals surface area contributed by atoms with Crippen molar-refractivity contribution in [2.75, 3.05) is 0 Å². The maximum Gasteiger partial charge on any atom is 0.0505 e. The molecule has 19 heavy (non-hydrogen) atoms. The van der Waals surface area contributed by atoms with E-state index in [2.05, 4.69) is 50.8 Å². The second-order valence-corrected chi connectivity index (χ2v) is 9.45. The third kappa shape index (κ3) is 1.97. The normalized spacial score (nSPS) is 34.6. The molecule has 0 aromatic heterocycles. The molecule has 0 aliphatic carbocycles. The summed E-state index contributed by atoms with van der Waals surface area (Å²) in [5.41, 5.74) is 4.18. The van der Waals surface area contributed by atoms with E-state index >= 15 is 0 Å². The zero-order valence-corrected chi connectivity index (χ0v) is 13.1. The number of benzene rings is 1. The van der Waals surface area contributed by atoms with Gasteiger partial charge in [0.15, 0.2) is 0 Å². The fraction of sp³-hybridized carbons (Fsp3) is 0.375. The molecule has 1 aromatic carbocycles. The van der Waals surface area contributed by atoms with Gasteiger partial charge in [-0.25, -0.2) is 0 Å². The molecule has 2 aliphatic rings. The zero-order chi connectivity index (χ0) is 13.6. The van der Waals surface area contributed by atoms with E-state index in [1.165, 1.54) is 10.9 Å². The average molecular weight is 290 g/mol. The number of fused-ring (bicyclic) bond motifs is 2. The summed E-state index contributed by atoms with van der Waals surface area (Å²) in [5, 5.41) is 3.39. The Bertz CT molecular complexity index is 563.